The number of rotatable bonds is 6. The number of aryl methyl sites for hydroxylation is 2. The van der Waals surface area contributed by atoms with E-state index in [1.807, 2.05) is 25.6 Å². The predicted octanol–water partition coefficient (Wildman–Crippen LogP) is -0.606. The lowest BCUT2D eigenvalue weighted by Gasteiger charge is -2.56. The van der Waals surface area contributed by atoms with Crippen LogP contribution < -0.4 is 17.7 Å². The molecule has 1 aromatic rings. The summed E-state index contributed by atoms with van der Waals surface area (Å²) in [4.78, 5) is 12.5. The lowest BCUT2D eigenvalue weighted by atomic mass is 9.49. The Morgan fingerprint density at radius 2 is 1.72 bits per heavy atom. The predicted molar refractivity (Wildman–Crippen MR) is 93.9 cm³/mol. The highest BCUT2D eigenvalue weighted by Crippen LogP contribution is 2.59. The second-order valence-corrected chi connectivity index (χ2v) is 9.04. The molecule has 25 heavy (non-hydrogen) atoms. The van der Waals surface area contributed by atoms with Crippen LogP contribution in [0.15, 0.2) is 0 Å². The molecule has 0 radical (unpaired) electrons. The Balaban J connectivity index is 0.00000182. The third-order valence-electron chi connectivity index (χ3n) is 7.11. The van der Waals surface area contributed by atoms with E-state index in [1.54, 1.807) is 0 Å². The Labute approximate surface area is 157 Å². The minimum absolute atomic E-state index is 0. The molecular weight excluding hydrogens is 334 g/mol. The Morgan fingerprint density at radius 1 is 1.16 bits per heavy atom. The minimum atomic E-state index is 0. The minimum Gasteiger partial charge on any atom is -1.00 e. The number of quaternary nitrogens is 1. The van der Waals surface area contributed by atoms with E-state index in [1.165, 1.54) is 45.1 Å². The summed E-state index contributed by atoms with van der Waals surface area (Å²) < 4.78 is 1.82. The molecule has 140 valence electrons. The number of hydrogen-bond acceptors (Lipinski definition) is 2. The molecule has 0 aliphatic heterocycles. The van der Waals surface area contributed by atoms with Crippen LogP contribution >= 0.6 is 0 Å². The van der Waals surface area contributed by atoms with Crippen LogP contribution in [0.2, 0.25) is 0 Å². The van der Waals surface area contributed by atoms with Crippen LogP contribution in [-0.4, -0.2) is 28.7 Å². The normalized spacial score (nSPS) is 32.7. The fourth-order valence-corrected chi connectivity index (χ4v) is 6.48. The Morgan fingerprint density at radius 3 is 2.20 bits per heavy atom. The second-order valence-electron chi connectivity index (χ2n) is 9.04. The van der Waals surface area contributed by atoms with Crippen molar-refractivity contribution in [1.82, 2.24) is 9.78 Å². The molecule has 0 unspecified atom stereocenters. The van der Waals surface area contributed by atoms with Gasteiger partial charge in [0.25, 0.3) is 0 Å². The molecule has 4 aliphatic rings. The number of hydrogen-bond donors (Lipinski definition) is 1. The summed E-state index contributed by atoms with van der Waals surface area (Å²) in [5.41, 5.74) is 3.33. The molecule has 0 amide bonds. The smallest absolute Gasteiger partial charge is 0.172 e. The first kappa shape index (κ1) is 18.9. The topological polar surface area (TPSA) is 51.5 Å². The van der Waals surface area contributed by atoms with Crippen LogP contribution in [-0.2, 0) is 7.05 Å². The van der Waals surface area contributed by atoms with E-state index in [4.69, 9.17) is 0 Å². The van der Waals surface area contributed by atoms with E-state index in [9.17, 15) is 4.79 Å². The zero-order chi connectivity index (χ0) is 16.9. The quantitative estimate of drug-likeness (QED) is 0.540. The van der Waals surface area contributed by atoms with Gasteiger partial charge in [-0.25, -0.2) is 0 Å². The average molecular weight is 366 g/mol. The molecule has 0 aromatic carbocycles. The van der Waals surface area contributed by atoms with Gasteiger partial charge >= 0.3 is 0 Å². The van der Waals surface area contributed by atoms with Gasteiger partial charge in [0.2, 0.25) is 0 Å². The van der Waals surface area contributed by atoms with Crippen LogP contribution in [0.3, 0.4) is 0 Å². The molecule has 5 heteroatoms. The monoisotopic (exact) mass is 365 g/mol. The fraction of sp³-hybridized carbons (Fsp3) is 0.800. The van der Waals surface area contributed by atoms with E-state index in [0.717, 1.165) is 41.2 Å². The number of carbonyl (C=O) groups excluding carboxylic acids is 1. The standard InChI is InChI=1S/C20H31N3O.ClH/c1-13-19(14(2)23(3)22-13)18(24)4-5-21-12-20-9-15-6-16(10-20)8-17(7-15)11-20;/h15-17,21H,4-12H2,1-3H3;1H. The SMILES string of the molecule is Cc1nn(C)c(C)c1C(=O)CC[NH2+]CC12CC3CC(CC(C3)C1)C2.[Cl-]. The highest BCUT2D eigenvalue weighted by Gasteiger charge is 2.51. The molecule has 0 spiro atoms. The lowest BCUT2D eigenvalue weighted by molar-refractivity contribution is -0.667. The molecule has 4 bridgehead atoms. The van der Waals surface area contributed by atoms with Gasteiger partial charge in [-0.2, -0.15) is 5.10 Å². The third-order valence-corrected chi connectivity index (χ3v) is 7.11. The summed E-state index contributed by atoms with van der Waals surface area (Å²) in [6, 6.07) is 0. The number of ketones is 1. The molecule has 1 aromatic heterocycles. The molecule has 5 rings (SSSR count). The zero-order valence-corrected chi connectivity index (χ0v) is 16.6. The van der Waals surface area contributed by atoms with Crippen molar-refractivity contribution in [3.05, 3.63) is 17.0 Å². The molecule has 4 aliphatic carbocycles. The first-order chi connectivity index (χ1) is 11.5. The van der Waals surface area contributed by atoms with Gasteiger partial charge in [-0.05, 0) is 70.1 Å². The van der Waals surface area contributed by atoms with Crippen molar-refractivity contribution >= 4 is 5.78 Å². The number of nitrogens with zero attached hydrogens (tertiary/aromatic N) is 2. The number of carbonyl (C=O) groups is 1. The van der Waals surface area contributed by atoms with Crippen LogP contribution in [0, 0.1) is 37.0 Å². The lowest BCUT2D eigenvalue weighted by Crippen LogP contribution is -3.00. The molecular formula is C20H32ClN3O. The number of Topliss-reactive ketones (excluding diaryl/α,β-unsaturated/α-hetero) is 1. The van der Waals surface area contributed by atoms with E-state index in [2.05, 4.69) is 10.4 Å². The molecule has 0 saturated heterocycles. The van der Waals surface area contributed by atoms with Gasteiger partial charge in [-0.1, -0.05) is 0 Å². The fourth-order valence-electron chi connectivity index (χ4n) is 6.48. The maximum absolute atomic E-state index is 12.5. The maximum atomic E-state index is 12.5. The van der Waals surface area contributed by atoms with Crippen LogP contribution in [0.4, 0.5) is 0 Å². The number of halogens is 1. The van der Waals surface area contributed by atoms with E-state index in [-0.39, 0.29) is 18.2 Å². The summed E-state index contributed by atoms with van der Waals surface area (Å²) in [5.74, 6) is 3.32. The molecule has 4 saturated carbocycles. The van der Waals surface area contributed by atoms with Crippen molar-refractivity contribution in [3.63, 3.8) is 0 Å². The van der Waals surface area contributed by atoms with Crippen LogP contribution in [0.25, 0.3) is 0 Å². The van der Waals surface area contributed by atoms with Gasteiger partial charge < -0.3 is 17.7 Å². The number of nitrogens with two attached hydrogens (primary N) is 1. The van der Waals surface area contributed by atoms with Crippen LogP contribution in [0.1, 0.15) is 66.7 Å². The Hall–Kier alpha value is -0.870. The van der Waals surface area contributed by atoms with E-state index in [0.29, 0.717) is 11.8 Å². The summed E-state index contributed by atoms with van der Waals surface area (Å²) in [5, 5.41) is 6.81. The average Bonchev–Trinajstić information content (AvgIpc) is 2.75. The zero-order valence-electron chi connectivity index (χ0n) is 15.9. The highest BCUT2D eigenvalue weighted by molar-refractivity contribution is 5.98. The maximum Gasteiger partial charge on any atom is 0.172 e. The molecule has 4 fully saturated rings. The van der Waals surface area contributed by atoms with Gasteiger partial charge in [-0.15, -0.1) is 0 Å². The molecule has 2 N–H and O–H groups in total. The summed E-state index contributed by atoms with van der Waals surface area (Å²) >= 11 is 0. The van der Waals surface area contributed by atoms with Crippen molar-refractivity contribution in [2.45, 2.75) is 58.8 Å². The van der Waals surface area contributed by atoms with Gasteiger partial charge in [0.05, 0.1) is 30.8 Å². The van der Waals surface area contributed by atoms with Gasteiger partial charge in [0.15, 0.2) is 5.78 Å². The van der Waals surface area contributed by atoms with Crippen molar-refractivity contribution in [2.24, 2.45) is 30.2 Å². The van der Waals surface area contributed by atoms with Crippen LogP contribution in [0.5, 0.6) is 0 Å². The van der Waals surface area contributed by atoms with Crippen molar-refractivity contribution < 1.29 is 22.5 Å². The second kappa shape index (κ2) is 7.03. The Bertz CT molecular complexity index is 616. The van der Waals surface area contributed by atoms with Gasteiger partial charge in [0, 0.05) is 18.2 Å². The largest absolute Gasteiger partial charge is 1.00 e. The van der Waals surface area contributed by atoms with Crippen molar-refractivity contribution in [3.8, 4) is 0 Å². The van der Waals surface area contributed by atoms with E-state index >= 15 is 0 Å². The highest BCUT2D eigenvalue weighted by atomic mass is 35.5. The molecule has 0 atom stereocenters. The van der Waals surface area contributed by atoms with Crippen molar-refractivity contribution in [1.29, 1.82) is 0 Å². The summed E-state index contributed by atoms with van der Waals surface area (Å²) in [6.45, 7) is 6.11. The van der Waals surface area contributed by atoms with Crippen molar-refractivity contribution in [2.75, 3.05) is 13.1 Å². The molecule has 4 nitrogen and oxygen atoms in total. The number of aromatic nitrogens is 2. The molecule has 1 heterocycles. The first-order valence-corrected chi connectivity index (χ1v) is 9.81. The van der Waals surface area contributed by atoms with E-state index < -0.39 is 0 Å². The summed E-state index contributed by atoms with van der Waals surface area (Å²) in [7, 11) is 1.91. The summed E-state index contributed by atoms with van der Waals surface area (Å²) in [6.07, 6.45) is 9.56. The third kappa shape index (κ3) is 3.52. The van der Waals surface area contributed by atoms with Gasteiger partial charge in [-0.3, -0.25) is 9.48 Å². The first-order valence-electron chi connectivity index (χ1n) is 9.81. The van der Waals surface area contributed by atoms with Gasteiger partial charge in [0.1, 0.15) is 0 Å². The Kier molecular flexibility index (Phi) is 5.32.